The summed E-state index contributed by atoms with van der Waals surface area (Å²) in [5.41, 5.74) is 8.55. The van der Waals surface area contributed by atoms with E-state index in [9.17, 15) is 14.4 Å². The van der Waals surface area contributed by atoms with Gasteiger partial charge in [-0.15, -0.1) is 0 Å². The lowest BCUT2D eigenvalue weighted by atomic mass is 10.0. The summed E-state index contributed by atoms with van der Waals surface area (Å²) >= 11 is 0. The molecular weight excluding hydrogens is 488 g/mol. The van der Waals surface area contributed by atoms with Gasteiger partial charge in [-0.1, -0.05) is 18.2 Å². The van der Waals surface area contributed by atoms with Crippen molar-refractivity contribution in [2.24, 2.45) is 0 Å². The zero-order valence-corrected chi connectivity index (χ0v) is 21.4. The number of ether oxygens (including phenoxy) is 1. The molecule has 1 aromatic carbocycles. The molecule has 0 aliphatic heterocycles. The summed E-state index contributed by atoms with van der Waals surface area (Å²) in [6.07, 6.45) is 5.91. The van der Waals surface area contributed by atoms with Crippen LogP contribution in [0.3, 0.4) is 0 Å². The number of aromatic nitrogens is 4. The third kappa shape index (κ3) is 7.15. The number of H-pyrrole nitrogens is 1. The lowest BCUT2D eigenvalue weighted by molar-refractivity contribution is -0.117. The van der Waals surface area contributed by atoms with E-state index < -0.39 is 17.3 Å². The van der Waals surface area contributed by atoms with E-state index in [1.165, 1.54) is 0 Å². The van der Waals surface area contributed by atoms with Crippen molar-refractivity contribution in [1.82, 2.24) is 30.6 Å². The molecule has 0 fully saturated rings. The number of fused-ring (bicyclic) bond motifs is 1. The third-order valence-corrected chi connectivity index (χ3v) is 5.48. The highest BCUT2D eigenvalue weighted by atomic mass is 16.6. The number of hydrogen-bond acceptors (Lipinski definition) is 9. The summed E-state index contributed by atoms with van der Waals surface area (Å²) < 4.78 is 5.24. The number of rotatable bonds is 7. The van der Waals surface area contributed by atoms with Crippen LogP contribution in [0.5, 0.6) is 0 Å². The number of nitrogens with two attached hydrogens (primary N) is 1. The molecule has 0 spiro atoms. The minimum Gasteiger partial charge on any atom is -0.444 e. The molecule has 6 N–H and O–H groups in total. The number of carbonyl (C=O) groups excluding carboxylic acids is 2. The number of allylic oxidation sites excluding steroid dienone is 3. The Morgan fingerprint density at radius 2 is 1.84 bits per heavy atom. The molecule has 12 heteroatoms. The van der Waals surface area contributed by atoms with Crippen LogP contribution < -0.4 is 27.2 Å². The molecule has 3 aromatic rings. The molecule has 0 unspecified atom stereocenters. The first-order valence-corrected chi connectivity index (χ1v) is 12.1. The first-order chi connectivity index (χ1) is 18.1. The van der Waals surface area contributed by atoms with Crippen LogP contribution in [0.2, 0.25) is 0 Å². The Balaban J connectivity index is 1.26. The average Bonchev–Trinajstić information content (AvgIpc) is 2.86. The number of nitrogen functional groups attached to an aromatic ring is 1. The second-order valence-electron chi connectivity index (χ2n) is 9.73. The summed E-state index contributed by atoms with van der Waals surface area (Å²) in [5.74, 6) is -0.144. The van der Waals surface area contributed by atoms with Crippen LogP contribution in [-0.2, 0) is 22.6 Å². The third-order valence-electron chi connectivity index (χ3n) is 5.48. The van der Waals surface area contributed by atoms with E-state index in [4.69, 9.17) is 10.5 Å². The highest BCUT2D eigenvalue weighted by Gasteiger charge is 2.17. The number of amides is 2. The largest absolute Gasteiger partial charge is 0.444 e. The van der Waals surface area contributed by atoms with Gasteiger partial charge in [0.2, 0.25) is 11.9 Å². The van der Waals surface area contributed by atoms with Gasteiger partial charge in [-0.2, -0.15) is 4.98 Å². The molecule has 2 heterocycles. The smallest absolute Gasteiger partial charge is 0.412 e. The zero-order valence-electron chi connectivity index (χ0n) is 21.4. The Kier molecular flexibility index (Phi) is 7.70. The normalized spacial score (nSPS) is 13.3. The second-order valence-corrected chi connectivity index (χ2v) is 9.73. The van der Waals surface area contributed by atoms with E-state index in [0.29, 0.717) is 42.9 Å². The predicted molar refractivity (Wildman–Crippen MR) is 143 cm³/mol. The van der Waals surface area contributed by atoms with Crippen LogP contribution in [0.25, 0.3) is 11.2 Å². The fourth-order valence-electron chi connectivity index (χ4n) is 3.66. The molecule has 4 rings (SSSR count). The number of anilines is 2. The van der Waals surface area contributed by atoms with E-state index >= 15 is 0 Å². The molecular formula is C26H30N8O4. The van der Waals surface area contributed by atoms with Gasteiger partial charge in [-0.25, -0.2) is 14.8 Å². The molecule has 38 heavy (non-hydrogen) atoms. The van der Waals surface area contributed by atoms with Gasteiger partial charge in [0.1, 0.15) is 5.60 Å². The van der Waals surface area contributed by atoms with Crippen LogP contribution in [0.1, 0.15) is 44.9 Å². The average molecular weight is 519 g/mol. The molecule has 0 radical (unpaired) electrons. The van der Waals surface area contributed by atoms with Crippen molar-refractivity contribution in [3.63, 3.8) is 0 Å². The maximum Gasteiger partial charge on any atom is 0.412 e. The van der Waals surface area contributed by atoms with Gasteiger partial charge >= 0.3 is 6.09 Å². The van der Waals surface area contributed by atoms with Crippen molar-refractivity contribution in [3.05, 3.63) is 75.5 Å². The molecule has 0 bridgehead atoms. The van der Waals surface area contributed by atoms with Gasteiger partial charge in [0.25, 0.3) is 5.56 Å². The van der Waals surface area contributed by atoms with E-state index in [-0.39, 0.29) is 23.0 Å². The van der Waals surface area contributed by atoms with Crippen molar-refractivity contribution in [2.75, 3.05) is 11.1 Å². The fourth-order valence-corrected chi connectivity index (χ4v) is 3.66. The Labute approximate surface area is 218 Å². The van der Waals surface area contributed by atoms with Crippen molar-refractivity contribution in [1.29, 1.82) is 0 Å². The summed E-state index contributed by atoms with van der Waals surface area (Å²) in [6, 6.07) is 7.18. The van der Waals surface area contributed by atoms with Gasteiger partial charge in [0.05, 0.1) is 18.4 Å². The lowest BCUT2D eigenvalue weighted by Crippen LogP contribution is -2.27. The minimum absolute atomic E-state index is 0.00726. The summed E-state index contributed by atoms with van der Waals surface area (Å²) in [7, 11) is 0. The SMILES string of the molecule is CC(C)(C)OC(=O)Nc1ccc(CNC(=O)C2=CC=C(NCc3cnc4nc(N)[nH]c(=O)c4n3)CC2)cc1. The van der Waals surface area contributed by atoms with Gasteiger partial charge in [0, 0.05) is 23.5 Å². The molecule has 12 nitrogen and oxygen atoms in total. The van der Waals surface area contributed by atoms with Crippen molar-refractivity contribution in [2.45, 2.75) is 52.3 Å². The quantitative estimate of drug-likeness (QED) is 0.314. The number of benzene rings is 1. The van der Waals surface area contributed by atoms with E-state index in [2.05, 4.69) is 35.9 Å². The highest BCUT2D eigenvalue weighted by Crippen LogP contribution is 2.18. The molecule has 2 amide bonds. The van der Waals surface area contributed by atoms with Crippen LogP contribution in [0.15, 0.2) is 58.7 Å². The first kappa shape index (κ1) is 26.3. The molecule has 0 saturated heterocycles. The fraction of sp³-hybridized carbons (Fsp3) is 0.308. The second kappa shape index (κ2) is 11.1. The lowest BCUT2D eigenvalue weighted by Gasteiger charge is -2.19. The molecule has 0 atom stereocenters. The van der Waals surface area contributed by atoms with Crippen molar-refractivity contribution in [3.8, 4) is 0 Å². The Bertz CT molecular complexity index is 1470. The first-order valence-electron chi connectivity index (χ1n) is 12.1. The maximum absolute atomic E-state index is 12.6. The molecule has 1 aliphatic rings. The van der Waals surface area contributed by atoms with Crippen LogP contribution in [-0.4, -0.2) is 37.5 Å². The summed E-state index contributed by atoms with van der Waals surface area (Å²) in [4.78, 5) is 51.4. The molecule has 2 aromatic heterocycles. The Hall–Kier alpha value is -4.74. The van der Waals surface area contributed by atoms with Crippen molar-refractivity contribution < 1.29 is 14.3 Å². The van der Waals surface area contributed by atoms with Gasteiger partial charge in [-0.05, 0) is 57.4 Å². The van der Waals surface area contributed by atoms with Gasteiger partial charge < -0.3 is 21.1 Å². The van der Waals surface area contributed by atoms with Gasteiger partial charge in [0.15, 0.2) is 11.2 Å². The van der Waals surface area contributed by atoms with Crippen molar-refractivity contribution >= 4 is 34.8 Å². The number of nitrogens with zero attached hydrogens (tertiary/aromatic N) is 3. The zero-order chi connectivity index (χ0) is 27.3. The monoisotopic (exact) mass is 518 g/mol. The number of hydrogen-bond donors (Lipinski definition) is 5. The minimum atomic E-state index is -0.574. The Morgan fingerprint density at radius 1 is 1.08 bits per heavy atom. The molecule has 1 aliphatic carbocycles. The van der Waals surface area contributed by atoms with E-state index in [1.807, 2.05) is 18.2 Å². The van der Waals surface area contributed by atoms with Crippen LogP contribution in [0.4, 0.5) is 16.4 Å². The number of carbonyl (C=O) groups is 2. The summed E-state index contributed by atoms with van der Waals surface area (Å²) in [6.45, 7) is 6.13. The molecule has 0 saturated carbocycles. The number of nitrogens with one attached hydrogen (secondary N) is 4. The standard InChI is InChI=1S/C26H30N8O4/c1-26(2,3)38-25(37)32-18-8-4-15(5-9-18)12-30-22(35)16-6-10-17(11-7-16)28-13-19-14-29-21-20(31-19)23(36)34-24(27)33-21/h4-6,8-10,14,28H,7,11-13H2,1-3H3,(H,30,35)(H,32,37)(H3,27,29,33,34,36). The topological polar surface area (TPSA) is 177 Å². The number of aromatic amines is 1. The maximum atomic E-state index is 12.6. The van der Waals surface area contributed by atoms with E-state index in [0.717, 1.165) is 11.3 Å². The Morgan fingerprint density at radius 3 is 2.53 bits per heavy atom. The van der Waals surface area contributed by atoms with Crippen LogP contribution >= 0.6 is 0 Å². The highest BCUT2D eigenvalue weighted by molar-refractivity contribution is 5.94. The van der Waals surface area contributed by atoms with Gasteiger partial charge in [-0.3, -0.25) is 19.9 Å². The summed E-state index contributed by atoms with van der Waals surface area (Å²) in [5, 5.41) is 8.87. The predicted octanol–water partition coefficient (Wildman–Crippen LogP) is 2.65. The van der Waals surface area contributed by atoms with E-state index in [1.54, 1.807) is 45.2 Å². The van der Waals surface area contributed by atoms with Crippen LogP contribution in [0, 0.1) is 0 Å². The molecule has 198 valence electrons.